The summed E-state index contributed by atoms with van der Waals surface area (Å²) in [6, 6.07) is 13.6. The molecule has 0 aromatic heterocycles. The molecule has 29 heavy (non-hydrogen) atoms. The fraction of sp³-hybridized carbons (Fsp3) is 0.200. The number of hydrogen-bond acceptors (Lipinski definition) is 6. The van der Waals surface area contributed by atoms with Crippen molar-refractivity contribution < 1.29 is 29.0 Å². The summed E-state index contributed by atoms with van der Waals surface area (Å²) >= 11 is 0. The largest absolute Gasteiger partial charge is 0.482 e. The summed E-state index contributed by atoms with van der Waals surface area (Å²) in [5.74, 6) is -0.856. The van der Waals surface area contributed by atoms with Gasteiger partial charge in [0.05, 0.1) is 11.4 Å². The third-order valence-corrected chi connectivity index (χ3v) is 4.09. The summed E-state index contributed by atoms with van der Waals surface area (Å²) in [4.78, 5) is 36.3. The van der Waals surface area contributed by atoms with Crippen LogP contribution in [-0.2, 0) is 14.4 Å². The van der Waals surface area contributed by atoms with Gasteiger partial charge in [-0.05, 0) is 48.9 Å². The van der Waals surface area contributed by atoms with Crippen LogP contribution < -0.4 is 19.8 Å². The zero-order valence-electron chi connectivity index (χ0n) is 15.6. The van der Waals surface area contributed by atoms with Crippen LogP contribution in [0.4, 0.5) is 5.69 Å². The molecule has 0 atom stereocenters. The molecule has 9 heteroatoms. The average molecular weight is 397 g/mol. The average Bonchev–Trinajstić information content (AvgIpc) is 2.73. The first-order valence-electron chi connectivity index (χ1n) is 8.74. The smallest absolute Gasteiger partial charge is 0.341 e. The number of anilines is 1. The second kappa shape index (κ2) is 8.87. The van der Waals surface area contributed by atoms with Crippen LogP contribution in [0.2, 0.25) is 0 Å². The number of carboxylic acid groups (broad SMARTS) is 1. The Balaban J connectivity index is 1.60. The molecule has 2 aromatic rings. The lowest BCUT2D eigenvalue weighted by molar-refractivity contribution is -0.139. The van der Waals surface area contributed by atoms with E-state index >= 15 is 0 Å². The number of ether oxygens (including phenoxy) is 2. The number of hydrogen-bond donors (Lipinski definition) is 2. The minimum Gasteiger partial charge on any atom is -0.482 e. The molecule has 0 bridgehead atoms. The van der Waals surface area contributed by atoms with Gasteiger partial charge in [0.1, 0.15) is 18.0 Å². The second-order valence-electron chi connectivity index (χ2n) is 6.18. The van der Waals surface area contributed by atoms with Crippen LogP contribution in [0.1, 0.15) is 12.5 Å². The molecule has 0 radical (unpaired) electrons. The number of nitrogens with zero attached hydrogens (tertiary/aromatic N) is 2. The van der Waals surface area contributed by atoms with Crippen molar-refractivity contribution in [3.05, 3.63) is 54.1 Å². The third-order valence-electron chi connectivity index (χ3n) is 4.09. The topological polar surface area (TPSA) is 118 Å². The molecular formula is C20H19N3O6. The number of carbonyl (C=O) groups is 3. The maximum absolute atomic E-state index is 12.3. The van der Waals surface area contributed by atoms with Crippen LogP contribution in [0.15, 0.2) is 53.6 Å². The molecule has 2 N–H and O–H groups in total. The van der Waals surface area contributed by atoms with E-state index in [1.807, 2.05) is 0 Å². The molecule has 0 saturated carbocycles. The number of para-hydroxylation sites is 2. The number of carbonyl (C=O) groups excluding carboxylic acids is 2. The van der Waals surface area contributed by atoms with Gasteiger partial charge in [-0.15, -0.1) is 0 Å². The molecular weight excluding hydrogens is 378 g/mol. The molecule has 0 aliphatic carbocycles. The van der Waals surface area contributed by atoms with Gasteiger partial charge in [-0.2, -0.15) is 5.10 Å². The Morgan fingerprint density at radius 2 is 1.93 bits per heavy atom. The van der Waals surface area contributed by atoms with Gasteiger partial charge in [-0.3, -0.25) is 14.5 Å². The molecule has 150 valence electrons. The van der Waals surface area contributed by atoms with Crippen molar-refractivity contribution in [2.75, 3.05) is 24.7 Å². The highest BCUT2D eigenvalue weighted by atomic mass is 16.5. The minimum atomic E-state index is -1.06. The van der Waals surface area contributed by atoms with E-state index in [2.05, 4.69) is 10.5 Å². The Morgan fingerprint density at radius 3 is 2.66 bits per heavy atom. The van der Waals surface area contributed by atoms with E-state index in [9.17, 15) is 14.4 Å². The Labute approximate surface area is 166 Å². The second-order valence-corrected chi connectivity index (χ2v) is 6.18. The fourth-order valence-electron chi connectivity index (χ4n) is 2.65. The Morgan fingerprint density at radius 1 is 1.21 bits per heavy atom. The van der Waals surface area contributed by atoms with Crippen LogP contribution in [0.3, 0.4) is 0 Å². The van der Waals surface area contributed by atoms with Crippen LogP contribution in [0, 0.1) is 0 Å². The van der Waals surface area contributed by atoms with Crippen LogP contribution in [0.5, 0.6) is 11.5 Å². The van der Waals surface area contributed by atoms with E-state index < -0.39 is 18.5 Å². The Kier molecular flexibility index (Phi) is 6.08. The van der Waals surface area contributed by atoms with E-state index in [1.165, 1.54) is 4.90 Å². The summed E-state index contributed by atoms with van der Waals surface area (Å²) in [7, 11) is 0. The van der Waals surface area contributed by atoms with Gasteiger partial charge in [0.15, 0.2) is 13.2 Å². The zero-order valence-corrected chi connectivity index (χ0v) is 15.6. The summed E-state index contributed by atoms with van der Waals surface area (Å²) < 4.78 is 10.4. The van der Waals surface area contributed by atoms with Gasteiger partial charge in [0, 0.05) is 0 Å². The van der Waals surface area contributed by atoms with Gasteiger partial charge < -0.3 is 14.6 Å². The van der Waals surface area contributed by atoms with Crippen molar-refractivity contribution in [2.24, 2.45) is 5.10 Å². The van der Waals surface area contributed by atoms with Crippen molar-refractivity contribution in [1.82, 2.24) is 5.43 Å². The van der Waals surface area contributed by atoms with Crippen LogP contribution in [-0.4, -0.2) is 48.4 Å². The highest BCUT2D eigenvalue weighted by Gasteiger charge is 2.26. The maximum atomic E-state index is 12.3. The summed E-state index contributed by atoms with van der Waals surface area (Å²) in [5, 5.41) is 12.7. The lowest BCUT2D eigenvalue weighted by Crippen LogP contribution is -2.44. The summed E-state index contributed by atoms with van der Waals surface area (Å²) in [6.07, 6.45) is 0. The lowest BCUT2D eigenvalue weighted by Gasteiger charge is -2.28. The monoisotopic (exact) mass is 397 g/mol. The molecule has 1 aliphatic rings. The lowest BCUT2D eigenvalue weighted by atomic mass is 10.1. The van der Waals surface area contributed by atoms with E-state index in [0.29, 0.717) is 22.9 Å². The SMILES string of the molecule is C/C(=N/NC(=O)CN1C(=O)COc2ccccc21)c1ccc(OCC(=O)O)cc1. The summed E-state index contributed by atoms with van der Waals surface area (Å²) in [6.45, 7) is 0.981. The molecule has 2 aromatic carbocycles. The molecule has 3 rings (SSSR count). The Bertz CT molecular complexity index is 955. The molecule has 1 heterocycles. The van der Waals surface area contributed by atoms with Gasteiger partial charge >= 0.3 is 5.97 Å². The molecule has 9 nitrogen and oxygen atoms in total. The molecule has 0 unspecified atom stereocenters. The number of benzene rings is 2. The molecule has 1 aliphatic heterocycles. The third kappa shape index (κ3) is 5.10. The van der Waals surface area contributed by atoms with Crippen molar-refractivity contribution in [3.8, 4) is 11.5 Å². The summed E-state index contributed by atoms with van der Waals surface area (Å²) in [5.41, 5.74) is 4.24. The zero-order chi connectivity index (χ0) is 20.8. The van der Waals surface area contributed by atoms with E-state index in [-0.39, 0.29) is 19.1 Å². The highest BCUT2D eigenvalue weighted by molar-refractivity contribution is 6.03. The number of fused-ring (bicyclic) bond motifs is 1. The molecule has 0 spiro atoms. The van der Waals surface area contributed by atoms with Crippen molar-refractivity contribution in [2.45, 2.75) is 6.92 Å². The Hall–Kier alpha value is -3.88. The van der Waals surface area contributed by atoms with Crippen molar-refractivity contribution in [1.29, 1.82) is 0 Å². The van der Waals surface area contributed by atoms with E-state index in [0.717, 1.165) is 5.56 Å². The molecule has 0 fully saturated rings. The number of rotatable bonds is 7. The first kappa shape index (κ1) is 19.9. The number of aliphatic carboxylic acids is 1. The minimum absolute atomic E-state index is 0.122. The van der Waals surface area contributed by atoms with Crippen molar-refractivity contribution in [3.63, 3.8) is 0 Å². The predicted octanol–water partition coefficient (Wildman–Crippen LogP) is 1.42. The normalized spacial score (nSPS) is 13.3. The first-order chi connectivity index (χ1) is 13.9. The molecule has 2 amide bonds. The standard InChI is InChI=1S/C20H19N3O6/c1-13(14-6-8-15(9-7-14)28-12-20(26)27)21-22-18(24)10-23-16-4-2-3-5-17(16)29-11-19(23)25/h2-9H,10-12H2,1H3,(H,22,24)(H,26,27)/b21-13-. The number of nitrogens with one attached hydrogen (secondary N) is 1. The highest BCUT2D eigenvalue weighted by Crippen LogP contribution is 2.31. The van der Waals surface area contributed by atoms with Crippen molar-refractivity contribution >= 4 is 29.2 Å². The van der Waals surface area contributed by atoms with Gasteiger partial charge in [0.25, 0.3) is 11.8 Å². The quantitative estimate of drug-likeness (QED) is 0.539. The van der Waals surface area contributed by atoms with Crippen LogP contribution >= 0.6 is 0 Å². The number of carboxylic acids is 1. The maximum Gasteiger partial charge on any atom is 0.341 e. The molecule has 0 saturated heterocycles. The van der Waals surface area contributed by atoms with E-state index in [1.54, 1.807) is 55.5 Å². The van der Waals surface area contributed by atoms with Crippen LogP contribution in [0.25, 0.3) is 0 Å². The van der Waals surface area contributed by atoms with E-state index in [4.69, 9.17) is 14.6 Å². The first-order valence-corrected chi connectivity index (χ1v) is 8.74. The fourth-order valence-corrected chi connectivity index (χ4v) is 2.65. The van der Waals surface area contributed by atoms with Gasteiger partial charge in [0.2, 0.25) is 0 Å². The van der Waals surface area contributed by atoms with Gasteiger partial charge in [-0.25, -0.2) is 10.2 Å². The predicted molar refractivity (Wildman–Crippen MR) is 104 cm³/mol. The van der Waals surface area contributed by atoms with Gasteiger partial charge in [-0.1, -0.05) is 12.1 Å². The number of amides is 2. The number of hydrazone groups is 1.